The molecule has 5 nitrogen and oxygen atoms in total. The Morgan fingerprint density at radius 3 is 2.42 bits per heavy atom. The lowest BCUT2D eigenvalue weighted by Gasteiger charge is -2.14. The summed E-state index contributed by atoms with van der Waals surface area (Å²) in [5, 5.41) is 11.4. The van der Waals surface area contributed by atoms with E-state index in [-0.39, 0.29) is 16.4 Å². The molecular formula is C25H29NO4S. The van der Waals surface area contributed by atoms with Crippen LogP contribution < -0.4 is 5.32 Å². The van der Waals surface area contributed by atoms with Gasteiger partial charge in [-0.25, -0.2) is 0 Å². The number of carboxylic acids is 1. The number of carboxylic acid groups (broad SMARTS) is 1. The van der Waals surface area contributed by atoms with Gasteiger partial charge < -0.3 is 5.11 Å². The summed E-state index contributed by atoms with van der Waals surface area (Å²) in [5.41, 5.74) is 3.79. The molecular weight excluding hydrogens is 410 g/mol. The van der Waals surface area contributed by atoms with Crippen molar-refractivity contribution in [2.24, 2.45) is 0 Å². The Labute approximate surface area is 187 Å². The van der Waals surface area contributed by atoms with E-state index in [1.165, 1.54) is 12.8 Å². The second-order valence-corrected chi connectivity index (χ2v) is 9.18. The zero-order chi connectivity index (χ0) is 22.2. The van der Waals surface area contributed by atoms with E-state index in [9.17, 15) is 19.5 Å². The number of aliphatic carboxylic acids is 1. The number of thioether (sulfide) groups is 1. The summed E-state index contributed by atoms with van der Waals surface area (Å²) < 4.78 is 0. The van der Waals surface area contributed by atoms with Crippen LogP contribution in [0, 0.1) is 0 Å². The number of unbranched alkanes of at least 4 members (excludes halogenated alkanes) is 4. The largest absolute Gasteiger partial charge is 0.481 e. The van der Waals surface area contributed by atoms with Gasteiger partial charge in [0.2, 0.25) is 5.91 Å². The van der Waals surface area contributed by atoms with Crippen LogP contribution in [0.4, 0.5) is 4.79 Å². The lowest BCUT2D eigenvalue weighted by atomic mass is 9.90. The van der Waals surface area contributed by atoms with Crippen LogP contribution in [0.3, 0.4) is 0 Å². The SMILES string of the molecule is CCCCCCCC(C(=O)O)c1cccc(-c2ccc(CC3SC(=O)NC3=O)cc2)c1. The van der Waals surface area contributed by atoms with Crippen LogP contribution in [0.25, 0.3) is 11.1 Å². The molecule has 1 saturated heterocycles. The standard InChI is InChI=1S/C25H29NO4S/c1-2-3-4-5-6-10-21(24(28)29)20-9-7-8-19(16-20)18-13-11-17(12-14-18)15-22-23(27)26-25(30)31-22/h7-9,11-14,16,21-22H,2-6,10,15H2,1H3,(H,28,29)(H,26,27,30). The average Bonchev–Trinajstić information content (AvgIpc) is 3.07. The molecule has 1 aliphatic heterocycles. The predicted molar refractivity (Wildman–Crippen MR) is 124 cm³/mol. The third-order valence-corrected chi connectivity index (χ3v) is 6.64. The van der Waals surface area contributed by atoms with Crippen molar-refractivity contribution in [1.82, 2.24) is 5.32 Å². The monoisotopic (exact) mass is 439 g/mol. The number of hydrogen-bond acceptors (Lipinski definition) is 4. The fourth-order valence-corrected chi connectivity index (χ4v) is 4.75. The van der Waals surface area contributed by atoms with E-state index in [0.717, 1.165) is 53.3 Å². The number of carbonyl (C=O) groups is 3. The molecule has 2 N–H and O–H groups in total. The van der Waals surface area contributed by atoms with E-state index in [0.29, 0.717) is 12.8 Å². The quantitative estimate of drug-likeness (QED) is 0.434. The van der Waals surface area contributed by atoms with E-state index in [1.54, 1.807) is 0 Å². The second kappa shape index (κ2) is 11.1. The van der Waals surface area contributed by atoms with Gasteiger partial charge in [0.15, 0.2) is 0 Å². The average molecular weight is 440 g/mol. The number of nitrogens with one attached hydrogen (secondary N) is 1. The molecule has 3 rings (SSSR count). The number of hydrogen-bond donors (Lipinski definition) is 2. The predicted octanol–water partition coefficient (Wildman–Crippen LogP) is 5.78. The van der Waals surface area contributed by atoms with Gasteiger partial charge >= 0.3 is 5.97 Å². The van der Waals surface area contributed by atoms with Gasteiger partial charge in [-0.1, -0.05) is 99.3 Å². The number of imide groups is 1. The number of carbonyl (C=O) groups excluding carboxylic acids is 2. The van der Waals surface area contributed by atoms with Gasteiger partial charge in [-0.3, -0.25) is 19.7 Å². The van der Waals surface area contributed by atoms with Crippen molar-refractivity contribution >= 4 is 28.9 Å². The van der Waals surface area contributed by atoms with E-state index < -0.39 is 11.9 Å². The topological polar surface area (TPSA) is 83.5 Å². The fraction of sp³-hybridized carbons (Fsp3) is 0.400. The van der Waals surface area contributed by atoms with Crippen LogP contribution in [-0.4, -0.2) is 27.5 Å². The molecule has 0 aliphatic carbocycles. The smallest absolute Gasteiger partial charge is 0.310 e. The number of amides is 2. The maximum atomic E-state index is 11.9. The van der Waals surface area contributed by atoms with Gasteiger partial charge in [-0.2, -0.15) is 0 Å². The molecule has 0 bridgehead atoms. The lowest BCUT2D eigenvalue weighted by molar-refractivity contribution is -0.139. The first-order valence-electron chi connectivity index (χ1n) is 10.9. The summed E-state index contributed by atoms with van der Waals surface area (Å²) in [6.45, 7) is 2.17. The Morgan fingerprint density at radius 1 is 1.03 bits per heavy atom. The molecule has 2 aromatic carbocycles. The Bertz CT molecular complexity index is 925. The van der Waals surface area contributed by atoms with Gasteiger partial charge in [0.25, 0.3) is 5.24 Å². The van der Waals surface area contributed by atoms with Gasteiger partial charge in [0, 0.05) is 0 Å². The Hall–Kier alpha value is -2.60. The highest BCUT2D eigenvalue weighted by atomic mass is 32.2. The molecule has 0 aromatic heterocycles. The normalized spacial score (nSPS) is 16.9. The second-order valence-electron chi connectivity index (χ2n) is 8.00. The minimum absolute atomic E-state index is 0.235. The zero-order valence-corrected chi connectivity index (χ0v) is 18.6. The summed E-state index contributed by atoms with van der Waals surface area (Å²) in [5.74, 6) is -1.50. The molecule has 2 amide bonds. The summed E-state index contributed by atoms with van der Waals surface area (Å²) in [6.07, 6.45) is 6.68. The van der Waals surface area contributed by atoms with E-state index in [1.807, 2.05) is 48.5 Å². The highest BCUT2D eigenvalue weighted by Gasteiger charge is 2.31. The number of rotatable bonds is 11. The minimum atomic E-state index is -0.773. The molecule has 164 valence electrons. The summed E-state index contributed by atoms with van der Waals surface area (Å²) in [6, 6.07) is 15.6. The first-order valence-corrected chi connectivity index (χ1v) is 11.8. The van der Waals surface area contributed by atoms with Crippen molar-refractivity contribution in [2.45, 2.75) is 63.0 Å². The zero-order valence-electron chi connectivity index (χ0n) is 17.8. The lowest BCUT2D eigenvalue weighted by Crippen LogP contribution is -2.25. The molecule has 31 heavy (non-hydrogen) atoms. The van der Waals surface area contributed by atoms with Crippen LogP contribution in [0.1, 0.15) is 62.5 Å². The molecule has 2 aromatic rings. The Morgan fingerprint density at radius 2 is 1.77 bits per heavy atom. The van der Waals surface area contributed by atoms with Crippen LogP contribution in [0.2, 0.25) is 0 Å². The molecule has 1 fully saturated rings. The van der Waals surface area contributed by atoms with E-state index in [2.05, 4.69) is 12.2 Å². The minimum Gasteiger partial charge on any atom is -0.481 e. The van der Waals surface area contributed by atoms with Crippen molar-refractivity contribution in [2.75, 3.05) is 0 Å². The maximum absolute atomic E-state index is 11.9. The van der Waals surface area contributed by atoms with Crippen molar-refractivity contribution in [3.05, 3.63) is 59.7 Å². The Balaban J connectivity index is 1.67. The molecule has 1 heterocycles. The van der Waals surface area contributed by atoms with Crippen molar-refractivity contribution in [3.63, 3.8) is 0 Å². The van der Waals surface area contributed by atoms with Crippen LogP contribution >= 0.6 is 11.8 Å². The molecule has 1 aliphatic rings. The van der Waals surface area contributed by atoms with E-state index in [4.69, 9.17) is 0 Å². The van der Waals surface area contributed by atoms with Crippen LogP contribution in [0.5, 0.6) is 0 Å². The van der Waals surface area contributed by atoms with Gasteiger partial charge in [-0.05, 0) is 35.1 Å². The molecule has 2 atom stereocenters. The summed E-state index contributed by atoms with van der Waals surface area (Å²) in [7, 11) is 0. The molecule has 0 saturated carbocycles. The van der Waals surface area contributed by atoms with Crippen LogP contribution in [-0.2, 0) is 16.0 Å². The molecule has 2 unspecified atom stereocenters. The van der Waals surface area contributed by atoms with Crippen molar-refractivity contribution in [1.29, 1.82) is 0 Å². The van der Waals surface area contributed by atoms with Crippen molar-refractivity contribution in [3.8, 4) is 11.1 Å². The molecule has 0 spiro atoms. The van der Waals surface area contributed by atoms with Crippen molar-refractivity contribution < 1.29 is 19.5 Å². The molecule has 0 radical (unpaired) electrons. The fourth-order valence-electron chi connectivity index (χ4n) is 3.89. The maximum Gasteiger partial charge on any atom is 0.310 e. The third-order valence-electron chi connectivity index (χ3n) is 5.66. The number of benzene rings is 2. The first kappa shape index (κ1) is 23.1. The third kappa shape index (κ3) is 6.44. The summed E-state index contributed by atoms with van der Waals surface area (Å²) in [4.78, 5) is 35.0. The first-order chi connectivity index (χ1) is 15.0. The highest BCUT2D eigenvalue weighted by Crippen LogP contribution is 2.29. The van der Waals surface area contributed by atoms with Gasteiger partial charge in [-0.15, -0.1) is 0 Å². The Kier molecular flexibility index (Phi) is 8.29. The highest BCUT2D eigenvalue weighted by molar-refractivity contribution is 8.15. The molecule has 6 heteroatoms. The van der Waals surface area contributed by atoms with Gasteiger partial charge in [0.1, 0.15) is 0 Å². The van der Waals surface area contributed by atoms with Gasteiger partial charge in [0.05, 0.1) is 11.2 Å². The van der Waals surface area contributed by atoms with Crippen LogP contribution in [0.15, 0.2) is 48.5 Å². The summed E-state index contributed by atoms with van der Waals surface area (Å²) >= 11 is 1.03. The van der Waals surface area contributed by atoms with E-state index >= 15 is 0 Å².